The van der Waals surface area contributed by atoms with Crippen molar-refractivity contribution < 1.29 is 29.4 Å². The number of hydrogen-bond donors (Lipinski definition) is 4. The van der Waals surface area contributed by atoms with Gasteiger partial charge in [-0.1, -0.05) is 48.0 Å². The van der Waals surface area contributed by atoms with Crippen LogP contribution in [0.2, 0.25) is 0 Å². The van der Waals surface area contributed by atoms with Crippen LogP contribution in [0.1, 0.15) is 106 Å². The SMILES string of the molecule is COC1C(CN2O[C@@H](CO)[C@@H]([C@H](C)O)[C@H]2C(=O)N[C@@H]2C[C@H]3C[C@@H]([C@@H]2C)C3(C)C)CCCC1C1CCC(N(C)C)C(C(=O)N[C@H](CN(C)C)CC(C)(C)C)C1. The lowest BCUT2D eigenvalue weighted by Gasteiger charge is -2.62. The quantitative estimate of drug-likeness (QED) is 0.204. The average molecular weight is 762 g/mol. The number of methoxy groups -OCH3 is 1. The maximum atomic E-state index is 14.3. The van der Waals surface area contributed by atoms with Gasteiger partial charge in [0.2, 0.25) is 11.8 Å². The highest BCUT2D eigenvalue weighted by atomic mass is 16.7. The van der Waals surface area contributed by atoms with Crippen molar-refractivity contribution in [2.45, 2.75) is 149 Å². The molecule has 1 heterocycles. The van der Waals surface area contributed by atoms with E-state index in [4.69, 9.17) is 9.57 Å². The lowest BCUT2D eigenvalue weighted by atomic mass is 9.45. The largest absolute Gasteiger partial charge is 0.394 e. The van der Waals surface area contributed by atoms with Gasteiger partial charge in [0.25, 0.3) is 0 Å². The lowest BCUT2D eigenvalue weighted by molar-refractivity contribution is -0.193. The minimum Gasteiger partial charge on any atom is -0.394 e. The highest BCUT2D eigenvalue weighted by Crippen LogP contribution is 2.61. The highest BCUT2D eigenvalue weighted by molar-refractivity contribution is 5.83. The molecule has 6 fully saturated rings. The number of hydroxylamine groups is 2. The first kappa shape index (κ1) is 43.8. The number of rotatable bonds is 14. The van der Waals surface area contributed by atoms with E-state index in [1.54, 1.807) is 12.0 Å². The molecule has 0 aromatic carbocycles. The Hall–Kier alpha value is -1.34. The maximum absolute atomic E-state index is 14.3. The van der Waals surface area contributed by atoms with Crippen molar-refractivity contribution in [3.63, 3.8) is 0 Å². The Labute approximate surface area is 328 Å². The third kappa shape index (κ3) is 9.50. The van der Waals surface area contributed by atoms with Crippen LogP contribution >= 0.6 is 0 Å². The second-order valence-electron chi connectivity index (χ2n) is 20.8. The van der Waals surface area contributed by atoms with Gasteiger partial charge in [-0.2, -0.15) is 5.06 Å². The predicted molar refractivity (Wildman–Crippen MR) is 213 cm³/mol. The summed E-state index contributed by atoms with van der Waals surface area (Å²) in [6, 6.07) is -0.339. The van der Waals surface area contributed by atoms with Crippen LogP contribution in [0, 0.1) is 58.2 Å². The molecule has 11 heteroatoms. The topological polar surface area (TPSA) is 127 Å². The first-order valence-electron chi connectivity index (χ1n) is 21.4. The summed E-state index contributed by atoms with van der Waals surface area (Å²) in [4.78, 5) is 39.4. The van der Waals surface area contributed by atoms with Crippen molar-refractivity contribution in [3.05, 3.63) is 0 Å². The zero-order chi connectivity index (χ0) is 39.9. The van der Waals surface area contributed by atoms with Crippen LogP contribution in [0.3, 0.4) is 0 Å². The molecule has 54 heavy (non-hydrogen) atoms. The van der Waals surface area contributed by atoms with Gasteiger partial charge in [-0.05, 0) is 127 Å². The zero-order valence-corrected chi connectivity index (χ0v) is 36.0. The molecule has 4 N–H and O–H groups in total. The smallest absolute Gasteiger partial charge is 0.240 e. The molecule has 6 aliphatic rings. The van der Waals surface area contributed by atoms with E-state index in [2.05, 4.69) is 90.2 Å². The number of hydrogen-bond acceptors (Lipinski definition) is 9. The Morgan fingerprint density at radius 1 is 1.04 bits per heavy atom. The molecule has 6 rings (SSSR count). The van der Waals surface area contributed by atoms with Gasteiger partial charge in [-0.25, -0.2) is 0 Å². The molecule has 5 saturated carbocycles. The fraction of sp³-hybridized carbons (Fsp3) is 0.953. The number of carbonyl (C=O) groups is 2. The van der Waals surface area contributed by atoms with E-state index in [0.717, 1.165) is 57.9 Å². The number of aliphatic hydroxyl groups is 2. The van der Waals surface area contributed by atoms with Crippen molar-refractivity contribution in [1.29, 1.82) is 0 Å². The van der Waals surface area contributed by atoms with Gasteiger partial charge >= 0.3 is 0 Å². The number of carbonyl (C=O) groups excluding carboxylic acids is 2. The van der Waals surface area contributed by atoms with E-state index in [-0.39, 0.29) is 65.8 Å². The molecule has 15 atom stereocenters. The van der Waals surface area contributed by atoms with Gasteiger partial charge in [0, 0.05) is 50.2 Å². The van der Waals surface area contributed by atoms with Crippen LogP contribution in [0.5, 0.6) is 0 Å². The van der Waals surface area contributed by atoms with Gasteiger partial charge < -0.3 is 35.4 Å². The van der Waals surface area contributed by atoms with Gasteiger partial charge in [0.05, 0.1) is 24.7 Å². The molecular formula is C43H79N5O6. The standard InChI is InChI=1S/C43H79N5O6/c1-25-33-19-29(43(33,6)7)20-34(25)45-41(52)38-37(26(2)50)36(24-49)54-48(38)22-28-14-13-15-31(39(28)53-12)27-16-17-35(47(10)11)32(18-27)40(51)44-30(23-46(8)9)21-42(3,4)5/h25-39,49-50H,13-24H2,1-12H3,(H,44,51)(H,45,52)/t25-,26-,27?,28?,29+,30-,31?,32?,33-,34+,35?,36-,37+,38-,39?/m0/s1. The van der Waals surface area contributed by atoms with Crippen LogP contribution in [-0.2, 0) is 19.2 Å². The highest BCUT2D eigenvalue weighted by Gasteiger charge is 2.58. The van der Waals surface area contributed by atoms with E-state index in [0.29, 0.717) is 35.6 Å². The van der Waals surface area contributed by atoms with E-state index >= 15 is 0 Å². The Morgan fingerprint density at radius 2 is 1.74 bits per heavy atom. The Morgan fingerprint density at radius 3 is 2.30 bits per heavy atom. The summed E-state index contributed by atoms with van der Waals surface area (Å²) in [5.74, 6) is 1.73. The second-order valence-corrected chi connectivity index (χ2v) is 20.8. The minimum atomic E-state index is -0.827. The number of ether oxygens (including phenoxy) is 1. The maximum Gasteiger partial charge on any atom is 0.240 e. The lowest BCUT2D eigenvalue weighted by Crippen LogP contribution is -2.62. The summed E-state index contributed by atoms with van der Waals surface area (Å²) in [6.45, 7) is 16.5. The van der Waals surface area contributed by atoms with Crippen molar-refractivity contribution >= 4 is 11.8 Å². The molecule has 0 aromatic rings. The molecule has 0 spiro atoms. The number of aliphatic hydroxyl groups excluding tert-OH is 2. The van der Waals surface area contributed by atoms with Crippen LogP contribution in [0.4, 0.5) is 0 Å². The number of nitrogens with one attached hydrogen (secondary N) is 2. The summed E-state index contributed by atoms with van der Waals surface area (Å²) in [5, 5.41) is 30.1. The number of fused-ring (bicyclic) bond motifs is 2. The van der Waals surface area contributed by atoms with Crippen molar-refractivity contribution in [2.75, 3.05) is 55.0 Å². The molecule has 0 radical (unpaired) electrons. The van der Waals surface area contributed by atoms with Gasteiger partial charge in [-0.15, -0.1) is 0 Å². The van der Waals surface area contributed by atoms with Crippen LogP contribution in [-0.4, -0.2) is 134 Å². The van der Waals surface area contributed by atoms with Crippen LogP contribution in [0.25, 0.3) is 0 Å². The molecular weight excluding hydrogens is 683 g/mol. The number of nitrogens with zero attached hydrogens (tertiary/aromatic N) is 3. The summed E-state index contributed by atoms with van der Waals surface area (Å²) >= 11 is 0. The van der Waals surface area contributed by atoms with Crippen LogP contribution in [0.15, 0.2) is 0 Å². The molecule has 2 amide bonds. The molecule has 312 valence electrons. The summed E-state index contributed by atoms with van der Waals surface area (Å²) in [5.41, 5.74) is 0.417. The first-order valence-corrected chi connectivity index (χ1v) is 21.4. The second kappa shape index (κ2) is 17.7. The number of amides is 2. The molecule has 6 unspecified atom stereocenters. The van der Waals surface area contributed by atoms with Crippen molar-refractivity contribution in [1.82, 2.24) is 25.5 Å². The molecule has 1 saturated heterocycles. The fourth-order valence-electron chi connectivity index (χ4n) is 12.2. The molecule has 11 nitrogen and oxygen atoms in total. The minimum absolute atomic E-state index is 0.0519. The molecule has 1 aliphatic heterocycles. The molecule has 5 aliphatic carbocycles. The Bertz CT molecular complexity index is 1260. The van der Waals surface area contributed by atoms with Crippen molar-refractivity contribution in [3.8, 4) is 0 Å². The molecule has 0 aromatic heterocycles. The zero-order valence-electron chi connectivity index (χ0n) is 36.0. The van der Waals surface area contributed by atoms with Gasteiger partial charge in [0.1, 0.15) is 12.1 Å². The van der Waals surface area contributed by atoms with E-state index in [1.165, 1.54) is 6.42 Å². The third-order valence-electron chi connectivity index (χ3n) is 15.0. The fourth-order valence-corrected chi connectivity index (χ4v) is 12.2. The number of likely N-dealkylation sites (N-methyl/N-ethyl adjacent to an activating group) is 1. The molecule has 2 bridgehead atoms. The predicted octanol–water partition coefficient (Wildman–Crippen LogP) is 4.41. The van der Waals surface area contributed by atoms with Gasteiger partial charge in [-0.3, -0.25) is 14.4 Å². The van der Waals surface area contributed by atoms with E-state index in [1.807, 2.05) is 7.11 Å². The summed E-state index contributed by atoms with van der Waals surface area (Å²) < 4.78 is 6.41. The normalized spacial score (nSPS) is 39.6. The van der Waals surface area contributed by atoms with Crippen LogP contribution < -0.4 is 10.6 Å². The van der Waals surface area contributed by atoms with E-state index < -0.39 is 24.2 Å². The van der Waals surface area contributed by atoms with Crippen molar-refractivity contribution in [2.24, 2.45) is 58.2 Å². The average Bonchev–Trinajstić information content (AvgIpc) is 3.46. The van der Waals surface area contributed by atoms with E-state index in [9.17, 15) is 19.8 Å². The van der Waals surface area contributed by atoms with Gasteiger partial charge in [0.15, 0.2) is 0 Å². The summed E-state index contributed by atoms with van der Waals surface area (Å²) in [6.07, 6.45) is 7.47. The first-order chi connectivity index (χ1) is 25.3. The summed E-state index contributed by atoms with van der Waals surface area (Å²) in [7, 11) is 10.2. The Balaban J connectivity index is 1.31. The third-order valence-corrected chi connectivity index (χ3v) is 15.0. The monoisotopic (exact) mass is 762 g/mol. The Kier molecular flexibility index (Phi) is 14.3.